The van der Waals surface area contributed by atoms with E-state index in [1.807, 2.05) is 20.8 Å². The third kappa shape index (κ3) is 2.14. The van der Waals surface area contributed by atoms with E-state index in [1.54, 1.807) is 23.7 Å². The zero-order valence-corrected chi connectivity index (χ0v) is 10.3. The number of fused-ring (bicyclic) bond motifs is 1. The third-order valence-corrected chi connectivity index (χ3v) is 2.56. The molecular formula is C12H15F2N3. The number of hydrogen-bond donors (Lipinski definition) is 0. The maximum atomic E-state index is 13.0. The SMILES string of the molecule is Cc1cn2cc(C(C)(C)C)nc(C(F)F)c2n1. The highest BCUT2D eigenvalue weighted by atomic mass is 19.3. The Bertz CT molecular complexity index is 553. The molecule has 0 aliphatic carbocycles. The number of alkyl halides is 2. The molecule has 0 atom stereocenters. The van der Waals surface area contributed by atoms with Crippen molar-refractivity contribution < 1.29 is 8.78 Å². The summed E-state index contributed by atoms with van der Waals surface area (Å²) in [5.74, 6) is 0. The van der Waals surface area contributed by atoms with Crippen molar-refractivity contribution in [3.05, 3.63) is 29.5 Å². The van der Waals surface area contributed by atoms with Crippen LogP contribution in [0.4, 0.5) is 8.78 Å². The minimum atomic E-state index is -2.61. The number of nitrogens with zero attached hydrogens (tertiary/aromatic N) is 3. The molecule has 0 saturated heterocycles. The van der Waals surface area contributed by atoms with Crippen LogP contribution in [0.25, 0.3) is 5.65 Å². The summed E-state index contributed by atoms with van der Waals surface area (Å²) in [6, 6.07) is 0. The largest absolute Gasteiger partial charge is 0.303 e. The van der Waals surface area contributed by atoms with E-state index in [1.165, 1.54) is 0 Å². The molecule has 2 aromatic rings. The summed E-state index contributed by atoms with van der Waals surface area (Å²) in [4.78, 5) is 8.13. The topological polar surface area (TPSA) is 30.2 Å². The molecular weight excluding hydrogens is 224 g/mol. The summed E-state index contributed by atoms with van der Waals surface area (Å²) in [6.07, 6.45) is 0.890. The molecule has 0 spiro atoms. The molecule has 0 amide bonds. The van der Waals surface area contributed by atoms with Gasteiger partial charge in [-0.15, -0.1) is 0 Å². The maximum Gasteiger partial charge on any atom is 0.284 e. The van der Waals surface area contributed by atoms with Gasteiger partial charge in [-0.3, -0.25) is 0 Å². The van der Waals surface area contributed by atoms with E-state index in [2.05, 4.69) is 9.97 Å². The van der Waals surface area contributed by atoms with Gasteiger partial charge in [-0.1, -0.05) is 20.8 Å². The highest BCUT2D eigenvalue weighted by molar-refractivity contribution is 5.47. The van der Waals surface area contributed by atoms with Crippen LogP contribution in [-0.4, -0.2) is 14.4 Å². The Hall–Kier alpha value is -1.52. The zero-order chi connectivity index (χ0) is 12.8. The lowest BCUT2D eigenvalue weighted by Crippen LogP contribution is -2.16. The second-order valence-electron chi connectivity index (χ2n) is 5.18. The predicted octanol–water partition coefficient (Wildman–Crippen LogP) is 3.27. The van der Waals surface area contributed by atoms with Gasteiger partial charge in [0.2, 0.25) is 0 Å². The second-order valence-corrected chi connectivity index (χ2v) is 5.18. The van der Waals surface area contributed by atoms with Crippen LogP contribution in [0.5, 0.6) is 0 Å². The van der Waals surface area contributed by atoms with Crippen LogP contribution in [0.1, 0.15) is 44.3 Å². The molecule has 0 radical (unpaired) electrons. The standard InChI is InChI=1S/C12H15F2N3/c1-7-5-17-6-8(12(2,3)4)16-9(10(13)14)11(17)15-7/h5-6,10H,1-4H3. The van der Waals surface area contributed by atoms with E-state index in [4.69, 9.17) is 0 Å². The number of hydrogen-bond acceptors (Lipinski definition) is 2. The van der Waals surface area contributed by atoms with E-state index >= 15 is 0 Å². The Kier molecular flexibility index (Phi) is 2.64. The molecule has 0 fully saturated rings. The molecule has 0 aliphatic heterocycles. The minimum Gasteiger partial charge on any atom is -0.303 e. The Labute approximate surface area is 98.5 Å². The highest BCUT2D eigenvalue weighted by Gasteiger charge is 2.22. The van der Waals surface area contributed by atoms with Crippen LogP contribution in [-0.2, 0) is 5.41 Å². The number of rotatable bonds is 1. The quantitative estimate of drug-likeness (QED) is 0.764. The third-order valence-electron chi connectivity index (χ3n) is 2.56. The summed E-state index contributed by atoms with van der Waals surface area (Å²) in [5.41, 5.74) is 1.07. The monoisotopic (exact) mass is 239 g/mol. The molecule has 2 aromatic heterocycles. The van der Waals surface area contributed by atoms with Crippen LogP contribution in [0, 0.1) is 6.92 Å². The number of aromatic nitrogens is 3. The molecule has 5 heteroatoms. The number of aryl methyl sites for hydroxylation is 1. The van der Waals surface area contributed by atoms with Gasteiger partial charge in [0.05, 0.1) is 11.4 Å². The van der Waals surface area contributed by atoms with Crippen molar-refractivity contribution in [2.75, 3.05) is 0 Å². The average molecular weight is 239 g/mol. The van der Waals surface area contributed by atoms with Crippen molar-refractivity contribution in [3.8, 4) is 0 Å². The molecule has 2 heterocycles. The molecule has 0 aromatic carbocycles. The van der Waals surface area contributed by atoms with Gasteiger partial charge in [-0.25, -0.2) is 18.7 Å². The minimum absolute atomic E-state index is 0.241. The van der Waals surface area contributed by atoms with Crippen molar-refractivity contribution in [2.24, 2.45) is 0 Å². The molecule has 0 unspecified atom stereocenters. The highest BCUT2D eigenvalue weighted by Crippen LogP contribution is 2.26. The van der Waals surface area contributed by atoms with Gasteiger partial charge in [0.15, 0.2) is 5.65 Å². The van der Waals surface area contributed by atoms with Crippen molar-refractivity contribution >= 4 is 5.65 Å². The first kappa shape index (κ1) is 12.0. The Morgan fingerprint density at radius 2 is 1.82 bits per heavy atom. The fourth-order valence-corrected chi connectivity index (χ4v) is 1.65. The lowest BCUT2D eigenvalue weighted by Gasteiger charge is -2.18. The van der Waals surface area contributed by atoms with Gasteiger partial charge in [-0.05, 0) is 6.92 Å². The van der Waals surface area contributed by atoms with Gasteiger partial charge in [0.1, 0.15) is 5.69 Å². The van der Waals surface area contributed by atoms with Gasteiger partial charge < -0.3 is 4.40 Å². The fraction of sp³-hybridized carbons (Fsp3) is 0.500. The first-order valence-corrected chi connectivity index (χ1v) is 5.44. The average Bonchev–Trinajstić information content (AvgIpc) is 2.54. The van der Waals surface area contributed by atoms with Crippen LogP contribution in [0.2, 0.25) is 0 Å². The van der Waals surface area contributed by atoms with Crippen LogP contribution >= 0.6 is 0 Å². The van der Waals surface area contributed by atoms with E-state index in [0.29, 0.717) is 11.4 Å². The number of imidazole rings is 1. The first-order valence-electron chi connectivity index (χ1n) is 5.44. The Balaban J connectivity index is 2.75. The summed E-state index contributed by atoms with van der Waals surface area (Å²) in [7, 11) is 0. The van der Waals surface area contributed by atoms with Gasteiger partial charge >= 0.3 is 0 Å². The Morgan fingerprint density at radius 3 is 2.35 bits per heavy atom. The normalized spacial score (nSPS) is 12.6. The summed E-state index contributed by atoms with van der Waals surface area (Å²) < 4.78 is 27.5. The van der Waals surface area contributed by atoms with E-state index in [-0.39, 0.29) is 16.8 Å². The van der Waals surface area contributed by atoms with Gasteiger partial charge in [0, 0.05) is 17.8 Å². The Morgan fingerprint density at radius 1 is 1.18 bits per heavy atom. The molecule has 2 rings (SSSR count). The smallest absolute Gasteiger partial charge is 0.284 e. The summed E-state index contributed by atoms with van der Waals surface area (Å²) in [5, 5.41) is 0. The molecule has 0 saturated carbocycles. The van der Waals surface area contributed by atoms with E-state index in [9.17, 15) is 8.78 Å². The van der Waals surface area contributed by atoms with Crippen molar-refractivity contribution in [3.63, 3.8) is 0 Å². The fourth-order valence-electron chi connectivity index (χ4n) is 1.65. The molecule has 0 N–H and O–H groups in total. The molecule has 17 heavy (non-hydrogen) atoms. The van der Waals surface area contributed by atoms with Crippen LogP contribution < -0.4 is 0 Å². The first-order chi connectivity index (χ1) is 7.79. The molecule has 0 bridgehead atoms. The van der Waals surface area contributed by atoms with E-state index < -0.39 is 6.43 Å². The van der Waals surface area contributed by atoms with E-state index in [0.717, 1.165) is 0 Å². The van der Waals surface area contributed by atoms with Crippen molar-refractivity contribution in [2.45, 2.75) is 39.5 Å². The maximum absolute atomic E-state index is 13.0. The predicted molar refractivity (Wildman–Crippen MR) is 61.4 cm³/mol. The van der Waals surface area contributed by atoms with Gasteiger partial charge in [-0.2, -0.15) is 0 Å². The van der Waals surface area contributed by atoms with Crippen molar-refractivity contribution in [1.82, 2.24) is 14.4 Å². The number of halogens is 2. The van der Waals surface area contributed by atoms with Crippen LogP contribution in [0.3, 0.4) is 0 Å². The zero-order valence-electron chi connectivity index (χ0n) is 10.3. The van der Waals surface area contributed by atoms with Crippen molar-refractivity contribution in [1.29, 1.82) is 0 Å². The molecule has 92 valence electrons. The molecule has 0 aliphatic rings. The van der Waals surface area contributed by atoms with Gasteiger partial charge in [0.25, 0.3) is 6.43 Å². The summed E-state index contributed by atoms with van der Waals surface area (Å²) in [6.45, 7) is 7.61. The second kappa shape index (κ2) is 3.75. The summed E-state index contributed by atoms with van der Waals surface area (Å²) >= 11 is 0. The molecule has 3 nitrogen and oxygen atoms in total. The lowest BCUT2D eigenvalue weighted by atomic mass is 9.92. The van der Waals surface area contributed by atoms with Crippen LogP contribution in [0.15, 0.2) is 12.4 Å². The lowest BCUT2D eigenvalue weighted by molar-refractivity contribution is 0.146.